The highest BCUT2D eigenvalue weighted by atomic mass is 79.9. The zero-order chi connectivity index (χ0) is 15.5. The first-order chi connectivity index (χ1) is 9.92. The van der Waals surface area contributed by atoms with E-state index in [1.807, 2.05) is 6.07 Å². The van der Waals surface area contributed by atoms with E-state index in [2.05, 4.69) is 42.0 Å². The third kappa shape index (κ3) is 4.53. The topological polar surface area (TPSA) is 12.0 Å². The monoisotopic (exact) mass is 355 g/mol. The maximum absolute atomic E-state index is 13.2. The maximum Gasteiger partial charge on any atom is 0.124 e. The first-order valence-electron chi connectivity index (χ1n) is 8.10. The van der Waals surface area contributed by atoms with E-state index in [-0.39, 0.29) is 11.9 Å². The van der Waals surface area contributed by atoms with Crippen molar-refractivity contribution in [1.29, 1.82) is 0 Å². The number of nitrogens with one attached hydrogen (secondary N) is 1. The molecule has 1 fully saturated rings. The van der Waals surface area contributed by atoms with Crippen molar-refractivity contribution in [1.82, 2.24) is 5.32 Å². The van der Waals surface area contributed by atoms with Crippen LogP contribution in [0, 0.1) is 17.2 Å². The predicted molar refractivity (Wildman–Crippen MR) is 90.9 cm³/mol. The van der Waals surface area contributed by atoms with Crippen LogP contribution in [-0.2, 0) is 0 Å². The van der Waals surface area contributed by atoms with Crippen LogP contribution in [0.4, 0.5) is 4.39 Å². The SMILES string of the molecule is CC(C)CC1(CNC(C)c2ccc(F)cc2Br)CCCC1. The molecule has 2 rings (SSSR count). The molecule has 1 nitrogen and oxygen atoms in total. The van der Waals surface area contributed by atoms with Crippen molar-refractivity contribution in [2.45, 2.75) is 58.9 Å². The molecule has 0 aliphatic heterocycles. The minimum Gasteiger partial charge on any atom is -0.310 e. The van der Waals surface area contributed by atoms with E-state index in [0.717, 1.165) is 22.5 Å². The molecule has 0 amide bonds. The van der Waals surface area contributed by atoms with Crippen molar-refractivity contribution in [2.24, 2.45) is 11.3 Å². The molecule has 1 aromatic rings. The number of benzene rings is 1. The van der Waals surface area contributed by atoms with E-state index >= 15 is 0 Å². The molecule has 0 radical (unpaired) electrons. The van der Waals surface area contributed by atoms with Gasteiger partial charge in [0.25, 0.3) is 0 Å². The Balaban J connectivity index is 2.00. The lowest BCUT2D eigenvalue weighted by atomic mass is 9.78. The molecule has 0 bridgehead atoms. The van der Waals surface area contributed by atoms with Gasteiger partial charge in [0, 0.05) is 17.1 Å². The van der Waals surface area contributed by atoms with Crippen molar-refractivity contribution in [3.63, 3.8) is 0 Å². The standard InChI is InChI=1S/C18H27BrFN/c1-13(2)11-18(8-4-5-9-18)12-21-14(3)16-7-6-15(20)10-17(16)19/h6-7,10,13-14,21H,4-5,8-9,11-12H2,1-3H3. The van der Waals surface area contributed by atoms with E-state index in [0.29, 0.717) is 5.41 Å². The van der Waals surface area contributed by atoms with Crippen molar-refractivity contribution in [3.05, 3.63) is 34.1 Å². The Morgan fingerprint density at radius 2 is 1.90 bits per heavy atom. The van der Waals surface area contributed by atoms with Gasteiger partial charge in [-0.15, -0.1) is 0 Å². The summed E-state index contributed by atoms with van der Waals surface area (Å²) in [6.45, 7) is 7.87. The normalized spacial score (nSPS) is 19.1. The van der Waals surface area contributed by atoms with E-state index < -0.39 is 0 Å². The summed E-state index contributed by atoms with van der Waals surface area (Å²) < 4.78 is 14.1. The summed E-state index contributed by atoms with van der Waals surface area (Å²) in [6, 6.07) is 5.20. The van der Waals surface area contributed by atoms with E-state index in [9.17, 15) is 4.39 Å². The Hall–Kier alpha value is -0.410. The molecule has 3 heteroatoms. The Kier molecular flexibility index (Phi) is 5.84. The maximum atomic E-state index is 13.2. The van der Waals surface area contributed by atoms with Gasteiger partial charge in [-0.1, -0.05) is 48.7 Å². The fraction of sp³-hybridized carbons (Fsp3) is 0.667. The van der Waals surface area contributed by atoms with Crippen LogP contribution in [-0.4, -0.2) is 6.54 Å². The van der Waals surface area contributed by atoms with Crippen LogP contribution in [0.25, 0.3) is 0 Å². The third-order valence-corrected chi connectivity index (χ3v) is 5.40. The molecule has 1 aromatic carbocycles. The van der Waals surface area contributed by atoms with Gasteiger partial charge in [-0.25, -0.2) is 4.39 Å². The second-order valence-electron chi connectivity index (χ2n) is 7.07. The summed E-state index contributed by atoms with van der Waals surface area (Å²) in [4.78, 5) is 0. The van der Waals surface area contributed by atoms with Gasteiger partial charge in [-0.3, -0.25) is 0 Å². The molecule has 118 valence electrons. The van der Waals surface area contributed by atoms with Gasteiger partial charge in [-0.2, -0.15) is 0 Å². The number of hydrogen-bond acceptors (Lipinski definition) is 1. The fourth-order valence-electron chi connectivity index (χ4n) is 3.78. The summed E-state index contributed by atoms with van der Waals surface area (Å²) >= 11 is 3.47. The molecule has 1 aliphatic rings. The van der Waals surface area contributed by atoms with Gasteiger partial charge in [-0.05, 0) is 55.2 Å². The lowest BCUT2D eigenvalue weighted by molar-refractivity contribution is 0.217. The largest absolute Gasteiger partial charge is 0.310 e. The van der Waals surface area contributed by atoms with Gasteiger partial charge in [0.1, 0.15) is 5.82 Å². The zero-order valence-corrected chi connectivity index (χ0v) is 15.0. The highest BCUT2D eigenvalue weighted by Gasteiger charge is 2.34. The Morgan fingerprint density at radius 3 is 2.48 bits per heavy atom. The molecule has 1 N–H and O–H groups in total. The average molecular weight is 356 g/mol. The zero-order valence-electron chi connectivity index (χ0n) is 13.4. The first-order valence-corrected chi connectivity index (χ1v) is 8.89. The van der Waals surface area contributed by atoms with Crippen LogP contribution in [0.5, 0.6) is 0 Å². The number of halogens is 2. The van der Waals surface area contributed by atoms with E-state index in [1.165, 1.54) is 38.2 Å². The highest BCUT2D eigenvalue weighted by Crippen LogP contribution is 2.43. The molecule has 0 saturated heterocycles. The van der Waals surface area contributed by atoms with Gasteiger partial charge >= 0.3 is 0 Å². The van der Waals surface area contributed by atoms with Crippen LogP contribution in [0.15, 0.2) is 22.7 Å². The molecular weight excluding hydrogens is 329 g/mol. The van der Waals surface area contributed by atoms with Crippen molar-refractivity contribution < 1.29 is 4.39 Å². The molecule has 1 atom stereocenters. The van der Waals surface area contributed by atoms with Crippen LogP contribution in [0.1, 0.15) is 64.5 Å². The number of hydrogen-bond donors (Lipinski definition) is 1. The van der Waals surface area contributed by atoms with Gasteiger partial charge in [0.05, 0.1) is 0 Å². The van der Waals surface area contributed by atoms with Crippen molar-refractivity contribution >= 4 is 15.9 Å². The summed E-state index contributed by atoms with van der Waals surface area (Å²) in [6.07, 6.45) is 6.72. The predicted octanol–water partition coefficient (Wildman–Crippen LogP) is 5.85. The minimum atomic E-state index is -0.190. The van der Waals surface area contributed by atoms with Crippen LogP contribution in [0.3, 0.4) is 0 Å². The lowest BCUT2D eigenvalue weighted by Gasteiger charge is -2.33. The van der Waals surface area contributed by atoms with Crippen LogP contribution in [0.2, 0.25) is 0 Å². The van der Waals surface area contributed by atoms with Gasteiger partial charge in [0.2, 0.25) is 0 Å². The van der Waals surface area contributed by atoms with Crippen LogP contribution >= 0.6 is 15.9 Å². The molecule has 21 heavy (non-hydrogen) atoms. The Bertz CT molecular complexity index is 466. The van der Waals surface area contributed by atoms with E-state index in [4.69, 9.17) is 0 Å². The molecular formula is C18H27BrFN. The summed E-state index contributed by atoms with van der Waals surface area (Å²) in [5.74, 6) is 0.558. The summed E-state index contributed by atoms with van der Waals surface area (Å²) in [7, 11) is 0. The summed E-state index contributed by atoms with van der Waals surface area (Å²) in [5.41, 5.74) is 1.60. The molecule has 0 heterocycles. The summed E-state index contributed by atoms with van der Waals surface area (Å²) in [5, 5.41) is 3.69. The Labute approximate surface area is 136 Å². The quantitative estimate of drug-likeness (QED) is 0.675. The smallest absolute Gasteiger partial charge is 0.124 e. The van der Waals surface area contributed by atoms with Crippen LogP contribution < -0.4 is 5.32 Å². The Morgan fingerprint density at radius 1 is 1.24 bits per heavy atom. The van der Waals surface area contributed by atoms with Gasteiger partial charge < -0.3 is 5.32 Å². The molecule has 0 aromatic heterocycles. The highest BCUT2D eigenvalue weighted by molar-refractivity contribution is 9.10. The lowest BCUT2D eigenvalue weighted by Crippen LogP contribution is -2.34. The first kappa shape index (κ1) is 17.0. The molecule has 1 aliphatic carbocycles. The second kappa shape index (κ2) is 7.23. The molecule has 1 saturated carbocycles. The third-order valence-electron chi connectivity index (χ3n) is 4.72. The van der Waals surface area contributed by atoms with Gasteiger partial charge in [0.15, 0.2) is 0 Å². The van der Waals surface area contributed by atoms with E-state index in [1.54, 1.807) is 6.07 Å². The second-order valence-corrected chi connectivity index (χ2v) is 7.93. The number of rotatable bonds is 6. The minimum absolute atomic E-state index is 0.190. The van der Waals surface area contributed by atoms with Crippen molar-refractivity contribution in [3.8, 4) is 0 Å². The fourth-order valence-corrected chi connectivity index (χ4v) is 4.47. The van der Waals surface area contributed by atoms with Crippen molar-refractivity contribution in [2.75, 3.05) is 6.54 Å². The molecule has 1 unspecified atom stereocenters. The molecule has 0 spiro atoms. The average Bonchev–Trinajstić information content (AvgIpc) is 2.84.